The number of likely N-dealkylation sites (tertiary alicyclic amines) is 1. The fraction of sp³-hybridized carbons (Fsp3) is 0.652. The van der Waals surface area contributed by atoms with Gasteiger partial charge in [-0.1, -0.05) is 19.1 Å². The van der Waals surface area contributed by atoms with Crippen molar-refractivity contribution in [3.63, 3.8) is 0 Å². The van der Waals surface area contributed by atoms with Crippen LogP contribution in [0.15, 0.2) is 29.3 Å². The molecule has 1 aliphatic rings. The predicted octanol–water partition coefficient (Wildman–Crippen LogP) is 3.39. The highest BCUT2D eigenvalue weighted by Crippen LogP contribution is 2.15. The minimum absolute atomic E-state index is 0.110. The van der Waals surface area contributed by atoms with Crippen molar-refractivity contribution in [3.8, 4) is 0 Å². The zero-order valence-electron chi connectivity index (χ0n) is 19.1. The van der Waals surface area contributed by atoms with Crippen molar-refractivity contribution in [1.29, 1.82) is 0 Å². The lowest BCUT2D eigenvalue weighted by molar-refractivity contribution is 0.191. The van der Waals surface area contributed by atoms with E-state index in [2.05, 4.69) is 45.0 Å². The van der Waals surface area contributed by atoms with Crippen LogP contribution in [0, 0.1) is 5.92 Å². The van der Waals surface area contributed by atoms with E-state index in [9.17, 15) is 4.79 Å². The van der Waals surface area contributed by atoms with Gasteiger partial charge in [-0.3, -0.25) is 0 Å². The van der Waals surface area contributed by atoms with E-state index in [0.717, 1.165) is 49.2 Å². The molecule has 0 unspecified atom stereocenters. The number of guanidine groups is 1. The summed E-state index contributed by atoms with van der Waals surface area (Å²) < 4.78 is 0. The van der Waals surface area contributed by atoms with Crippen LogP contribution < -0.4 is 21.3 Å². The molecule has 0 aromatic heterocycles. The molecule has 1 heterocycles. The van der Waals surface area contributed by atoms with Gasteiger partial charge < -0.3 is 26.2 Å². The zero-order chi connectivity index (χ0) is 21.8. The SMILES string of the molecule is CCNC(=NCc1ccc(NC(=O)NC(C)C)cc1)NCCCN1CCC(C)CC1. The smallest absolute Gasteiger partial charge is 0.319 e. The predicted molar refractivity (Wildman–Crippen MR) is 126 cm³/mol. The third-order valence-electron chi connectivity index (χ3n) is 5.22. The second kappa shape index (κ2) is 13.1. The summed E-state index contributed by atoms with van der Waals surface area (Å²) >= 11 is 0. The third-order valence-corrected chi connectivity index (χ3v) is 5.22. The number of nitrogens with one attached hydrogen (secondary N) is 4. The number of piperidine rings is 1. The van der Waals surface area contributed by atoms with E-state index in [1.54, 1.807) is 0 Å². The second-order valence-electron chi connectivity index (χ2n) is 8.45. The first-order chi connectivity index (χ1) is 14.5. The summed E-state index contributed by atoms with van der Waals surface area (Å²) in [5.74, 6) is 1.73. The summed E-state index contributed by atoms with van der Waals surface area (Å²) in [6, 6.07) is 7.73. The lowest BCUT2D eigenvalue weighted by atomic mass is 9.99. The van der Waals surface area contributed by atoms with Gasteiger partial charge in [-0.25, -0.2) is 9.79 Å². The molecule has 1 aliphatic heterocycles. The molecule has 7 heteroatoms. The fourth-order valence-corrected chi connectivity index (χ4v) is 3.43. The molecule has 0 spiro atoms. The van der Waals surface area contributed by atoms with Gasteiger partial charge in [0.2, 0.25) is 0 Å². The molecule has 0 aliphatic carbocycles. The molecular formula is C23H40N6O. The van der Waals surface area contributed by atoms with Crippen LogP contribution in [0.5, 0.6) is 0 Å². The summed E-state index contributed by atoms with van der Waals surface area (Å²) in [7, 11) is 0. The molecule has 4 N–H and O–H groups in total. The van der Waals surface area contributed by atoms with Crippen molar-refractivity contribution in [2.45, 2.75) is 59.5 Å². The Labute approximate surface area is 182 Å². The summed E-state index contributed by atoms with van der Waals surface area (Å²) in [5.41, 5.74) is 1.88. The van der Waals surface area contributed by atoms with E-state index in [1.807, 2.05) is 38.1 Å². The van der Waals surface area contributed by atoms with E-state index < -0.39 is 0 Å². The number of hydrogen-bond acceptors (Lipinski definition) is 3. The van der Waals surface area contributed by atoms with Gasteiger partial charge in [-0.05, 0) is 83.3 Å². The van der Waals surface area contributed by atoms with Crippen molar-refractivity contribution in [3.05, 3.63) is 29.8 Å². The van der Waals surface area contributed by atoms with Crippen molar-refractivity contribution in [2.24, 2.45) is 10.9 Å². The second-order valence-corrected chi connectivity index (χ2v) is 8.45. The van der Waals surface area contributed by atoms with Gasteiger partial charge in [-0.2, -0.15) is 0 Å². The first kappa shape index (κ1) is 24.0. The average molecular weight is 417 g/mol. The summed E-state index contributed by atoms with van der Waals surface area (Å²) in [6.07, 6.45) is 3.78. The largest absolute Gasteiger partial charge is 0.357 e. The molecule has 30 heavy (non-hydrogen) atoms. The molecular weight excluding hydrogens is 376 g/mol. The Bertz CT molecular complexity index is 650. The van der Waals surface area contributed by atoms with Crippen LogP contribution in [0.25, 0.3) is 0 Å². The number of hydrogen-bond donors (Lipinski definition) is 4. The minimum atomic E-state index is -0.187. The maximum Gasteiger partial charge on any atom is 0.319 e. The number of carbonyl (C=O) groups is 1. The van der Waals surface area contributed by atoms with E-state index in [1.165, 1.54) is 25.9 Å². The molecule has 1 fully saturated rings. The lowest BCUT2D eigenvalue weighted by Gasteiger charge is -2.30. The fourth-order valence-electron chi connectivity index (χ4n) is 3.43. The molecule has 1 aromatic rings. The molecule has 0 radical (unpaired) electrons. The van der Waals surface area contributed by atoms with Crippen molar-refractivity contribution in [2.75, 3.05) is 38.0 Å². The number of benzene rings is 1. The molecule has 0 atom stereocenters. The maximum absolute atomic E-state index is 11.8. The van der Waals surface area contributed by atoms with Crippen molar-refractivity contribution < 1.29 is 4.79 Å². The lowest BCUT2D eigenvalue weighted by Crippen LogP contribution is -2.39. The Balaban J connectivity index is 1.74. The Kier molecular flexibility index (Phi) is 10.5. The van der Waals surface area contributed by atoms with Gasteiger partial charge in [0.05, 0.1) is 6.54 Å². The maximum atomic E-state index is 11.8. The Morgan fingerprint density at radius 3 is 2.50 bits per heavy atom. The van der Waals surface area contributed by atoms with Crippen molar-refractivity contribution >= 4 is 17.7 Å². The number of aliphatic imine (C=N–C) groups is 1. The van der Waals surface area contributed by atoms with E-state index in [0.29, 0.717) is 6.54 Å². The first-order valence-electron chi connectivity index (χ1n) is 11.4. The molecule has 168 valence electrons. The zero-order valence-corrected chi connectivity index (χ0v) is 19.1. The number of nitrogens with zero attached hydrogens (tertiary/aromatic N) is 2. The third kappa shape index (κ3) is 9.48. The number of carbonyl (C=O) groups excluding carboxylic acids is 1. The van der Waals surface area contributed by atoms with Crippen LogP contribution in [0.1, 0.15) is 52.5 Å². The number of rotatable bonds is 9. The van der Waals surface area contributed by atoms with Crippen LogP contribution in [-0.2, 0) is 6.54 Å². The summed E-state index contributed by atoms with van der Waals surface area (Å²) in [4.78, 5) is 19.0. The number of urea groups is 1. The van der Waals surface area contributed by atoms with Gasteiger partial charge >= 0.3 is 6.03 Å². The molecule has 2 amide bonds. The van der Waals surface area contributed by atoms with Gasteiger partial charge in [0.1, 0.15) is 0 Å². The minimum Gasteiger partial charge on any atom is -0.357 e. The summed E-state index contributed by atoms with van der Waals surface area (Å²) in [5, 5.41) is 12.4. The highest BCUT2D eigenvalue weighted by Gasteiger charge is 2.14. The van der Waals surface area contributed by atoms with Crippen molar-refractivity contribution in [1.82, 2.24) is 20.9 Å². The monoisotopic (exact) mass is 416 g/mol. The number of anilines is 1. The van der Waals surface area contributed by atoms with Gasteiger partial charge in [-0.15, -0.1) is 0 Å². The quantitative estimate of drug-likeness (QED) is 0.283. The molecule has 1 saturated heterocycles. The van der Waals surface area contributed by atoms with Crippen LogP contribution >= 0.6 is 0 Å². The Hall–Kier alpha value is -2.28. The number of amides is 2. The van der Waals surface area contributed by atoms with Crippen LogP contribution in [0.4, 0.5) is 10.5 Å². The van der Waals surface area contributed by atoms with E-state index >= 15 is 0 Å². The standard InChI is InChI=1S/C23H40N6O/c1-5-24-22(25-13-6-14-29-15-11-19(4)12-16-29)26-17-20-7-9-21(10-8-20)28-23(30)27-18(2)3/h7-10,18-19H,5-6,11-17H2,1-4H3,(H2,24,25,26)(H2,27,28,30). The van der Waals surface area contributed by atoms with Gasteiger partial charge in [0.15, 0.2) is 5.96 Å². The average Bonchev–Trinajstić information content (AvgIpc) is 2.71. The van der Waals surface area contributed by atoms with E-state index in [-0.39, 0.29) is 12.1 Å². The van der Waals surface area contributed by atoms with Gasteiger partial charge in [0.25, 0.3) is 0 Å². The normalized spacial score (nSPS) is 15.8. The Morgan fingerprint density at radius 2 is 1.87 bits per heavy atom. The van der Waals surface area contributed by atoms with Gasteiger partial charge in [0, 0.05) is 24.8 Å². The Morgan fingerprint density at radius 1 is 1.17 bits per heavy atom. The van der Waals surface area contributed by atoms with Crippen LogP contribution in [0.2, 0.25) is 0 Å². The highest BCUT2D eigenvalue weighted by atomic mass is 16.2. The van der Waals surface area contributed by atoms with Crippen LogP contribution in [0.3, 0.4) is 0 Å². The first-order valence-corrected chi connectivity index (χ1v) is 11.4. The molecule has 2 rings (SSSR count). The topological polar surface area (TPSA) is 80.8 Å². The highest BCUT2D eigenvalue weighted by molar-refractivity contribution is 5.89. The van der Waals surface area contributed by atoms with E-state index in [4.69, 9.17) is 0 Å². The molecule has 7 nitrogen and oxygen atoms in total. The molecule has 0 bridgehead atoms. The molecule has 0 saturated carbocycles. The molecule has 1 aromatic carbocycles. The summed E-state index contributed by atoms with van der Waals surface area (Å²) in [6.45, 7) is 14.3. The van der Waals surface area contributed by atoms with Crippen LogP contribution in [-0.4, -0.2) is 55.7 Å².